The van der Waals surface area contributed by atoms with Crippen molar-refractivity contribution in [2.75, 3.05) is 0 Å². The van der Waals surface area contributed by atoms with Gasteiger partial charge in [-0.05, 0) is 22.0 Å². The zero-order valence-corrected chi connectivity index (χ0v) is 5.81. The van der Waals surface area contributed by atoms with E-state index in [1.165, 1.54) is 0 Å². The fourth-order valence-electron chi connectivity index (χ4n) is 0.471. The van der Waals surface area contributed by atoms with Crippen LogP contribution in [0.2, 0.25) is 0 Å². The molecule has 1 rings (SSSR count). The van der Waals surface area contributed by atoms with Gasteiger partial charge in [0.05, 0.1) is 17.3 Å². The van der Waals surface area contributed by atoms with Gasteiger partial charge in [-0.1, -0.05) is 0 Å². The topological polar surface area (TPSA) is 39.2 Å². The quantitative estimate of drug-likeness (QED) is 0.704. The maximum atomic E-state index is 5.27. The molecule has 0 spiro atoms. The molecule has 0 unspecified atom stereocenters. The van der Waals surface area contributed by atoms with Gasteiger partial charge in [0, 0.05) is 0 Å². The molecule has 0 amide bonds. The van der Waals surface area contributed by atoms with Crippen molar-refractivity contribution in [3.05, 3.63) is 22.6 Å². The van der Waals surface area contributed by atoms with Gasteiger partial charge < -0.3 is 10.2 Å². The largest absolute Gasteiger partial charge is 0.467 e. The molecule has 0 radical (unpaired) electrons. The molecule has 1 aromatic heterocycles. The summed E-state index contributed by atoms with van der Waals surface area (Å²) < 4.78 is 5.89. The number of furan rings is 1. The highest BCUT2D eigenvalue weighted by Crippen LogP contribution is 2.15. The van der Waals surface area contributed by atoms with Gasteiger partial charge in [0.25, 0.3) is 0 Å². The van der Waals surface area contributed by atoms with E-state index in [9.17, 15) is 0 Å². The fourth-order valence-corrected chi connectivity index (χ4v) is 0.834. The van der Waals surface area contributed by atoms with Gasteiger partial charge in [-0.25, -0.2) is 0 Å². The Morgan fingerprint density at radius 1 is 1.75 bits per heavy atom. The number of halogens is 1. The Kier molecular flexibility index (Phi) is 1.70. The van der Waals surface area contributed by atoms with Gasteiger partial charge in [0.2, 0.25) is 0 Å². The van der Waals surface area contributed by atoms with Crippen LogP contribution in [0, 0.1) is 0 Å². The van der Waals surface area contributed by atoms with Crippen molar-refractivity contribution in [2.45, 2.75) is 6.54 Å². The smallest absolute Gasteiger partial charge is 0.131 e. The van der Waals surface area contributed by atoms with Gasteiger partial charge in [-0.2, -0.15) is 0 Å². The minimum absolute atomic E-state index is 0.452. The van der Waals surface area contributed by atoms with Crippen LogP contribution in [0.5, 0.6) is 0 Å². The lowest BCUT2D eigenvalue weighted by molar-refractivity contribution is 0.510. The first-order valence-corrected chi connectivity index (χ1v) is 3.06. The Labute approximate surface area is 55.8 Å². The molecule has 0 fully saturated rings. The molecule has 44 valence electrons. The van der Waals surface area contributed by atoms with Crippen molar-refractivity contribution in [3.8, 4) is 0 Å². The van der Waals surface area contributed by atoms with E-state index in [2.05, 4.69) is 15.9 Å². The number of hydrogen-bond acceptors (Lipinski definition) is 2. The SMILES string of the molecule is NCc1occc1Br. The maximum Gasteiger partial charge on any atom is 0.131 e. The molecule has 2 nitrogen and oxygen atoms in total. The average Bonchev–Trinajstić information content (AvgIpc) is 2.14. The van der Waals surface area contributed by atoms with E-state index in [0.717, 1.165) is 10.2 Å². The molecular weight excluding hydrogens is 170 g/mol. The Hall–Kier alpha value is -0.280. The Balaban J connectivity index is 2.92. The Morgan fingerprint density at radius 3 is 2.75 bits per heavy atom. The summed E-state index contributed by atoms with van der Waals surface area (Å²) in [7, 11) is 0. The van der Waals surface area contributed by atoms with Crippen molar-refractivity contribution >= 4 is 15.9 Å². The number of rotatable bonds is 1. The van der Waals surface area contributed by atoms with Crippen LogP contribution in [0.3, 0.4) is 0 Å². The second-order valence-electron chi connectivity index (χ2n) is 1.40. The summed E-state index contributed by atoms with van der Waals surface area (Å²) in [5.41, 5.74) is 5.27. The monoisotopic (exact) mass is 175 g/mol. The van der Waals surface area contributed by atoms with Gasteiger partial charge in [0.1, 0.15) is 5.76 Å². The fraction of sp³-hybridized carbons (Fsp3) is 0.200. The molecule has 0 aromatic carbocycles. The third-order valence-electron chi connectivity index (χ3n) is 0.876. The second kappa shape index (κ2) is 2.33. The van der Waals surface area contributed by atoms with Gasteiger partial charge >= 0.3 is 0 Å². The molecule has 2 N–H and O–H groups in total. The highest BCUT2D eigenvalue weighted by molar-refractivity contribution is 9.10. The highest BCUT2D eigenvalue weighted by atomic mass is 79.9. The molecule has 3 heteroatoms. The summed E-state index contributed by atoms with van der Waals surface area (Å²) in [6, 6.07) is 1.82. The normalized spacial score (nSPS) is 9.75. The predicted octanol–water partition coefficient (Wildman–Crippen LogP) is 1.50. The zero-order chi connectivity index (χ0) is 5.98. The molecule has 0 atom stereocenters. The van der Waals surface area contributed by atoms with E-state index < -0.39 is 0 Å². The van der Waals surface area contributed by atoms with Crippen LogP contribution in [0.1, 0.15) is 5.76 Å². The summed E-state index contributed by atoms with van der Waals surface area (Å²) in [4.78, 5) is 0. The first kappa shape index (κ1) is 5.85. The van der Waals surface area contributed by atoms with E-state index in [0.29, 0.717) is 6.54 Å². The van der Waals surface area contributed by atoms with Crippen molar-refractivity contribution in [1.29, 1.82) is 0 Å². The molecule has 1 heterocycles. The standard InChI is InChI=1S/C5H6BrNO/c6-4-1-2-8-5(4)3-7/h1-2H,3,7H2. The molecule has 8 heavy (non-hydrogen) atoms. The van der Waals surface area contributed by atoms with E-state index >= 15 is 0 Å². The molecule has 0 bridgehead atoms. The minimum Gasteiger partial charge on any atom is -0.467 e. The van der Waals surface area contributed by atoms with Crippen LogP contribution in [0.25, 0.3) is 0 Å². The van der Waals surface area contributed by atoms with Crippen LogP contribution < -0.4 is 5.73 Å². The van der Waals surface area contributed by atoms with Crippen LogP contribution in [-0.2, 0) is 6.54 Å². The molecule has 0 aliphatic carbocycles. The third kappa shape index (κ3) is 0.928. The van der Waals surface area contributed by atoms with Crippen LogP contribution in [-0.4, -0.2) is 0 Å². The Bertz CT molecular complexity index is 173. The van der Waals surface area contributed by atoms with E-state index in [4.69, 9.17) is 10.2 Å². The zero-order valence-electron chi connectivity index (χ0n) is 4.23. The molecule has 0 aliphatic heterocycles. The van der Waals surface area contributed by atoms with Crippen LogP contribution in [0.15, 0.2) is 21.2 Å². The second-order valence-corrected chi connectivity index (χ2v) is 2.25. The lowest BCUT2D eigenvalue weighted by Crippen LogP contribution is -1.93. The first-order valence-electron chi connectivity index (χ1n) is 2.26. The lowest BCUT2D eigenvalue weighted by atomic mass is 10.5. The number of hydrogen-bond donors (Lipinski definition) is 1. The first-order chi connectivity index (χ1) is 3.84. The van der Waals surface area contributed by atoms with Crippen LogP contribution >= 0.6 is 15.9 Å². The summed E-state index contributed by atoms with van der Waals surface area (Å²) in [5, 5.41) is 0. The van der Waals surface area contributed by atoms with Crippen molar-refractivity contribution < 1.29 is 4.42 Å². The molecule has 0 aliphatic rings. The molecule has 0 saturated carbocycles. The van der Waals surface area contributed by atoms with E-state index in [1.54, 1.807) is 6.26 Å². The average molecular weight is 176 g/mol. The molecule has 1 aromatic rings. The van der Waals surface area contributed by atoms with Crippen molar-refractivity contribution in [3.63, 3.8) is 0 Å². The van der Waals surface area contributed by atoms with Crippen molar-refractivity contribution in [1.82, 2.24) is 0 Å². The number of nitrogens with two attached hydrogens (primary N) is 1. The van der Waals surface area contributed by atoms with E-state index in [-0.39, 0.29) is 0 Å². The molecule has 0 saturated heterocycles. The lowest BCUT2D eigenvalue weighted by Gasteiger charge is -1.85. The predicted molar refractivity (Wildman–Crippen MR) is 34.3 cm³/mol. The van der Waals surface area contributed by atoms with Gasteiger partial charge in [-0.15, -0.1) is 0 Å². The summed E-state index contributed by atoms with van der Waals surface area (Å²) >= 11 is 3.25. The van der Waals surface area contributed by atoms with Crippen LogP contribution in [0.4, 0.5) is 0 Å². The maximum absolute atomic E-state index is 5.27. The van der Waals surface area contributed by atoms with Gasteiger partial charge in [0.15, 0.2) is 0 Å². The summed E-state index contributed by atoms with van der Waals surface area (Å²) in [5.74, 6) is 0.796. The molecular formula is C5H6BrNO. The summed E-state index contributed by atoms with van der Waals surface area (Å²) in [6.07, 6.45) is 1.60. The summed E-state index contributed by atoms with van der Waals surface area (Å²) in [6.45, 7) is 0.452. The Morgan fingerprint density at radius 2 is 2.50 bits per heavy atom. The van der Waals surface area contributed by atoms with Crippen molar-refractivity contribution in [2.24, 2.45) is 5.73 Å². The third-order valence-corrected chi connectivity index (χ3v) is 1.58. The highest BCUT2D eigenvalue weighted by Gasteiger charge is 1.96. The van der Waals surface area contributed by atoms with Gasteiger partial charge in [-0.3, -0.25) is 0 Å². The minimum atomic E-state index is 0.452. The van der Waals surface area contributed by atoms with E-state index in [1.807, 2.05) is 6.07 Å².